The Kier molecular flexibility index (Phi) is 8.11. The van der Waals surface area contributed by atoms with Gasteiger partial charge in [-0.05, 0) is 26.2 Å². The SMILES string of the molecule is CCCS(=O)(=O)OC(C)C(CC)OS(=O)(=O)CCC. The van der Waals surface area contributed by atoms with Crippen molar-refractivity contribution in [2.75, 3.05) is 11.5 Å². The van der Waals surface area contributed by atoms with Crippen molar-refractivity contribution in [3.05, 3.63) is 0 Å². The second-order valence-corrected chi connectivity index (χ2v) is 7.80. The van der Waals surface area contributed by atoms with E-state index >= 15 is 0 Å². The maximum Gasteiger partial charge on any atom is 0.267 e. The fourth-order valence-corrected chi connectivity index (χ4v) is 4.00. The summed E-state index contributed by atoms with van der Waals surface area (Å²) in [5, 5.41) is 0. The molecular weight excluding hydrogens is 292 g/mol. The molecule has 2 atom stereocenters. The molecule has 0 aromatic rings. The minimum absolute atomic E-state index is 0.0854. The summed E-state index contributed by atoms with van der Waals surface area (Å²) in [7, 11) is -7.26. The summed E-state index contributed by atoms with van der Waals surface area (Å²) in [5.74, 6) is -0.173. The topological polar surface area (TPSA) is 86.7 Å². The minimum Gasteiger partial charge on any atom is -0.264 e. The van der Waals surface area contributed by atoms with Crippen LogP contribution in [0.5, 0.6) is 0 Å². The third-order valence-electron chi connectivity index (χ3n) is 2.40. The molecule has 2 unspecified atom stereocenters. The normalized spacial score (nSPS) is 16.2. The van der Waals surface area contributed by atoms with Gasteiger partial charge in [0, 0.05) is 0 Å². The van der Waals surface area contributed by atoms with Crippen molar-refractivity contribution in [2.24, 2.45) is 0 Å². The Bertz CT molecular complexity index is 440. The molecule has 0 bridgehead atoms. The van der Waals surface area contributed by atoms with Crippen LogP contribution < -0.4 is 0 Å². The molecule has 8 heteroatoms. The zero-order valence-corrected chi connectivity index (χ0v) is 13.6. The standard InChI is InChI=1S/C11H24O6S2/c1-5-8-18(12,13)16-10(4)11(7-3)17-19(14,15)9-6-2/h10-11H,5-9H2,1-4H3. The van der Waals surface area contributed by atoms with Crippen LogP contribution in [-0.2, 0) is 28.6 Å². The van der Waals surface area contributed by atoms with Crippen molar-refractivity contribution in [1.29, 1.82) is 0 Å². The maximum atomic E-state index is 11.6. The predicted molar refractivity (Wildman–Crippen MR) is 73.9 cm³/mol. The largest absolute Gasteiger partial charge is 0.267 e. The number of rotatable bonds is 10. The van der Waals surface area contributed by atoms with Crippen molar-refractivity contribution in [3.63, 3.8) is 0 Å². The molecule has 0 fully saturated rings. The minimum atomic E-state index is -3.63. The van der Waals surface area contributed by atoms with Gasteiger partial charge in [-0.2, -0.15) is 16.8 Å². The molecule has 0 radical (unpaired) electrons. The first-order chi connectivity index (χ1) is 8.67. The second-order valence-electron chi connectivity index (χ2n) is 4.37. The van der Waals surface area contributed by atoms with E-state index in [1.54, 1.807) is 20.8 Å². The lowest BCUT2D eigenvalue weighted by Crippen LogP contribution is -2.33. The van der Waals surface area contributed by atoms with Gasteiger partial charge < -0.3 is 0 Å². The first-order valence-corrected chi connectivity index (χ1v) is 9.64. The van der Waals surface area contributed by atoms with Crippen LogP contribution in [0.15, 0.2) is 0 Å². The van der Waals surface area contributed by atoms with E-state index < -0.39 is 32.4 Å². The van der Waals surface area contributed by atoms with Crippen molar-refractivity contribution in [1.82, 2.24) is 0 Å². The highest BCUT2D eigenvalue weighted by atomic mass is 32.2. The summed E-state index contributed by atoms with van der Waals surface area (Å²) < 4.78 is 56.1. The van der Waals surface area contributed by atoms with E-state index in [0.29, 0.717) is 19.3 Å². The summed E-state index contributed by atoms with van der Waals surface area (Å²) in [6.45, 7) is 6.68. The van der Waals surface area contributed by atoms with Crippen LogP contribution in [-0.4, -0.2) is 40.5 Å². The molecule has 0 aliphatic rings. The lowest BCUT2D eigenvalue weighted by atomic mass is 10.2. The molecule has 0 saturated heterocycles. The van der Waals surface area contributed by atoms with Gasteiger partial charge >= 0.3 is 0 Å². The van der Waals surface area contributed by atoms with E-state index in [1.165, 1.54) is 6.92 Å². The van der Waals surface area contributed by atoms with E-state index in [0.717, 1.165) is 0 Å². The third-order valence-corrected chi connectivity index (χ3v) is 5.36. The van der Waals surface area contributed by atoms with Crippen LogP contribution in [0.2, 0.25) is 0 Å². The molecule has 0 heterocycles. The Labute approximate surface area is 116 Å². The molecule has 0 rings (SSSR count). The lowest BCUT2D eigenvalue weighted by molar-refractivity contribution is 0.0721. The summed E-state index contributed by atoms with van der Waals surface area (Å²) in [5.41, 5.74) is 0. The highest BCUT2D eigenvalue weighted by Crippen LogP contribution is 2.15. The van der Waals surface area contributed by atoms with Gasteiger partial charge in [0.25, 0.3) is 20.2 Å². The summed E-state index contributed by atoms with van der Waals surface area (Å²) in [6.07, 6.45) is -0.370. The Morgan fingerprint density at radius 2 is 1.26 bits per heavy atom. The first-order valence-electron chi connectivity index (χ1n) is 6.49. The van der Waals surface area contributed by atoms with Gasteiger partial charge in [-0.1, -0.05) is 20.8 Å². The molecule has 0 aromatic heterocycles. The van der Waals surface area contributed by atoms with Crippen LogP contribution in [0.4, 0.5) is 0 Å². The molecule has 0 aliphatic heterocycles. The Morgan fingerprint density at radius 1 is 0.842 bits per heavy atom. The molecule has 0 amide bonds. The smallest absolute Gasteiger partial charge is 0.264 e. The Morgan fingerprint density at radius 3 is 1.63 bits per heavy atom. The highest BCUT2D eigenvalue weighted by molar-refractivity contribution is 7.87. The van der Waals surface area contributed by atoms with Crippen molar-refractivity contribution in [3.8, 4) is 0 Å². The molecular formula is C11H24O6S2. The average Bonchev–Trinajstić information content (AvgIpc) is 2.24. The summed E-state index contributed by atoms with van der Waals surface area (Å²) in [4.78, 5) is 0. The van der Waals surface area contributed by atoms with Gasteiger partial charge in [-0.15, -0.1) is 0 Å². The molecule has 19 heavy (non-hydrogen) atoms. The molecule has 0 saturated carbocycles. The van der Waals surface area contributed by atoms with Crippen LogP contribution in [0, 0.1) is 0 Å². The first kappa shape index (κ1) is 18.8. The third kappa shape index (κ3) is 7.86. The summed E-state index contributed by atoms with van der Waals surface area (Å²) in [6, 6.07) is 0. The van der Waals surface area contributed by atoms with Crippen LogP contribution in [0.25, 0.3) is 0 Å². The van der Waals surface area contributed by atoms with Gasteiger partial charge in [-0.3, -0.25) is 8.37 Å². The lowest BCUT2D eigenvalue weighted by Gasteiger charge is -2.22. The monoisotopic (exact) mass is 316 g/mol. The molecule has 0 N–H and O–H groups in total. The molecule has 6 nitrogen and oxygen atoms in total. The van der Waals surface area contributed by atoms with Crippen LogP contribution >= 0.6 is 0 Å². The molecule has 0 spiro atoms. The maximum absolute atomic E-state index is 11.6. The van der Waals surface area contributed by atoms with Gasteiger partial charge in [0.2, 0.25) is 0 Å². The van der Waals surface area contributed by atoms with E-state index in [1.807, 2.05) is 0 Å². The van der Waals surface area contributed by atoms with E-state index in [4.69, 9.17) is 8.37 Å². The van der Waals surface area contributed by atoms with Gasteiger partial charge in [0.05, 0.1) is 11.5 Å². The number of hydrogen-bond donors (Lipinski definition) is 0. The summed E-state index contributed by atoms with van der Waals surface area (Å²) >= 11 is 0. The van der Waals surface area contributed by atoms with Gasteiger partial charge in [0.15, 0.2) is 0 Å². The molecule has 116 valence electrons. The fraction of sp³-hybridized carbons (Fsp3) is 1.00. The molecule has 0 aromatic carbocycles. The zero-order valence-electron chi connectivity index (χ0n) is 12.0. The number of hydrogen-bond acceptors (Lipinski definition) is 6. The quantitative estimate of drug-likeness (QED) is 0.570. The van der Waals surface area contributed by atoms with Gasteiger partial charge in [0.1, 0.15) is 12.2 Å². The van der Waals surface area contributed by atoms with E-state index in [2.05, 4.69) is 0 Å². The van der Waals surface area contributed by atoms with Crippen molar-refractivity contribution >= 4 is 20.2 Å². The Hall–Kier alpha value is -0.180. The average molecular weight is 316 g/mol. The van der Waals surface area contributed by atoms with Crippen molar-refractivity contribution < 1.29 is 25.2 Å². The second kappa shape index (κ2) is 8.18. The Balaban J connectivity index is 4.70. The van der Waals surface area contributed by atoms with Gasteiger partial charge in [-0.25, -0.2) is 0 Å². The fourth-order valence-electron chi connectivity index (χ4n) is 1.56. The predicted octanol–water partition coefficient (Wildman–Crippen LogP) is 1.67. The zero-order chi connectivity index (χ0) is 15.1. The highest BCUT2D eigenvalue weighted by Gasteiger charge is 2.27. The van der Waals surface area contributed by atoms with Crippen LogP contribution in [0.1, 0.15) is 47.0 Å². The van der Waals surface area contributed by atoms with Crippen molar-refractivity contribution in [2.45, 2.75) is 59.2 Å². The van der Waals surface area contributed by atoms with E-state index in [-0.39, 0.29) is 11.5 Å². The van der Waals surface area contributed by atoms with E-state index in [9.17, 15) is 16.8 Å². The van der Waals surface area contributed by atoms with Crippen LogP contribution in [0.3, 0.4) is 0 Å². The molecule has 0 aliphatic carbocycles.